The molecule has 0 spiro atoms. The number of thiol groups is 1. The summed E-state index contributed by atoms with van der Waals surface area (Å²) in [5.74, 6) is -2.55. The van der Waals surface area contributed by atoms with Gasteiger partial charge in [-0.15, -0.1) is 0 Å². The molecule has 3 saturated heterocycles. The van der Waals surface area contributed by atoms with Gasteiger partial charge in [-0.25, -0.2) is 4.90 Å². The van der Waals surface area contributed by atoms with E-state index in [0.717, 1.165) is 16.6 Å². The molecule has 1 aromatic carbocycles. The molecule has 2 aromatic rings. The lowest BCUT2D eigenvalue weighted by Gasteiger charge is -2.33. The normalized spacial score (nSPS) is 35.1. The largest absolute Gasteiger partial charge is 0.428 e. The predicted octanol–water partition coefficient (Wildman–Crippen LogP) is 0.564. The van der Waals surface area contributed by atoms with Gasteiger partial charge in [0.05, 0.1) is 46.5 Å². The van der Waals surface area contributed by atoms with E-state index in [-0.39, 0.29) is 25.1 Å². The van der Waals surface area contributed by atoms with Crippen LogP contribution in [0.2, 0.25) is 0 Å². The molecular weight excluding hydrogens is 427 g/mol. The minimum absolute atomic E-state index is 0.0995. The Bertz CT molecular complexity index is 1160. The number of carbonyl (C=O) groups is 2. The number of nitriles is 1. The van der Waals surface area contributed by atoms with Crippen LogP contribution in [0.25, 0.3) is 11.0 Å². The van der Waals surface area contributed by atoms with E-state index in [1.54, 1.807) is 6.92 Å². The Morgan fingerprint density at radius 3 is 2.93 bits per heavy atom. The molecule has 5 rings (SSSR count). The summed E-state index contributed by atoms with van der Waals surface area (Å²) in [6.07, 6.45) is -0.489. The number of hydrogen-bond donors (Lipinski definition) is 2. The molecule has 2 unspecified atom stereocenters. The van der Waals surface area contributed by atoms with Crippen LogP contribution in [0.5, 0.6) is 0 Å². The number of aromatic nitrogens is 2. The smallest absolute Gasteiger partial charge is 0.339 e. The first-order valence-corrected chi connectivity index (χ1v) is 10.6. The molecule has 12 heteroatoms. The predicted molar refractivity (Wildman–Crippen MR) is 111 cm³/mol. The molecule has 5 atom stereocenters. The molecule has 2 bridgehead atoms. The lowest BCUT2D eigenvalue weighted by Crippen LogP contribution is -2.49. The molecule has 0 radical (unpaired) electrons. The fraction of sp³-hybridized carbons (Fsp3) is 0.500. The SMILES string of the molecule is [3H]B(S)OCCC12C[C@H](O)C(C)(O1)[C@@H]1C(=O)N(c3ccc(C#N)c4nsnc34)C(=O)[C@@H]12. The highest BCUT2D eigenvalue weighted by Gasteiger charge is 2.77. The third kappa shape index (κ3) is 2.41. The molecule has 3 aliphatic heterocycles. The van der Waals surface area contributed by atoms with Gasteiger partial charge in [0.1, 0.15) is 22.7 Å². The van der Waals surface area contributed by atoms with Crippen LogP contribution in [0, 0.1) is 23.2 Å². The highest BCUT2D eigenvalue weighted by atomic mass is 32.1. The van der Waals surface area contributed by atoms with Crippen molar-refractivity contribution in [1.29, 1.82) is 6.60 Å². The Morgan fingerprint density at radius 1 is 1.47 bits per heavy atom. The van der Waals surface area contributed by atoms with Crippen LogP contribution in [0.15, 0.2) is 12.1 Å². The maximum absolute atomic E-state index is 13.6. The summed E-state index contributed by atoms with van der Waals surface area (Å²) in [5.41, 5.74) is -1.05. The number of hydrogen-bond acceptors (Lipinski definition) is 10. The molecule has 0 aliphatic carbocycles. The quantitative estimate of drug-likeness (QED) is 0.388. The first-order valence-electron chi connectivity index (χ1n) is 9.94. The molecule has 3 aliphatic rings. The Hall–Kier alpha value is -2.04. The zero-order chi connectivity index (χ0) is 22.1. The third-order valence-electron chi connectivity index (χ3n) is 6.59. The number of imide groups is 1. The van der Waals surface area contributed by atoms with Crippen molar-refractivity contribution in [1.82, 2.24) is 8.75 Å². The van der Waals surface area contributed by atoms with Crippen LogP contribution in [-0.2, 0) is 19.0 Å². The fourth-order valence-electron chi connectivity index (χ4n) is 5.27. The zero-order valence-corrected chi connectivity index (χ0v) is 17.5. The van der Waals surface area contributed by atoms with Gasteiger partial charge in [0.25, 0.3) is 0 Å². The van der Waals surface area contributed by atoms with Gasteiger partial charge >= 0.3 is 6.72 Å². The zero-order valence-electron chi connectivity index (χ0n) is 16.8. The summed E-state index contributed by atoms with van der Waals surface area (Å²) in [4.78, 5) is 28.2. The monoisotopic (exact) mass is 446 g/mol. The second kappa shape index (κ2) is 6.73. The minimum atomic E-state index is -1.21. The summed E-state index contributed by atoms with van der Waals surface area (Å²) in [7, 11) is 0. The van der Waals surface area contributed by atoms with Crippen LogP contribution in [0.1, 0.15) is 25.3 Å². The lowest BCUT2D eigenvalue weighted by molar-refractivity contribution is -0.134. The minimum Gasteiger partial charge on any atom is -0.428 e. The Morgan fingerprint density at radius 2 is 2.20 bits per heavy atom. The molecule has 154 valence electrons. The van der Waals surface area contributed by atoms with Crippen molar-refractivity contribution < 1.29 is 24.1 Å². The van der Waals surface area contributed by atoms with Gasteiger partial charge < -0.3 is 14.5 Å². The Labute approximate surface area is 183 Å². The lowest BCUT2D eigenvalue weighted by atomic mass is 9.66. The van der Waals surface area contributed by atoms with E-state index >= 15 is 0 Å². The molecular formula is C18H17BN4O5S2. The van der Waals surface area contributed by atoms with E-state index in [1.807, 2.05) is 6.07 Å². The summed E-state index contributed by atoms with van der Waals surface area (Å²) < 4.78 is 27.2. The van der Waals surface area contributed by atoms with Crippen LogP contribution >= 0.6 is 24.2 Å². The summed E-state index contributed by atoms with van der Waals surface area (Å²) >= 11 is 4.78. The maximum Gasteiger partial charge on any atom is 0.339 e. The van der Waals surface area contributed by atoms with E-state index < -0.39 is 47.7 Å². The number of aliphatic hydroxyl groups excluding tert-OH is 1. The van der Waals surface area contributed by atoms with Crippen molar-refractivity contribution in [2.75, 3.05) is 11.5 Å². The molecule has 3 fully saturated rings. The molecule has 1 aromatic heterocycles. The average molecular weight is 446 g/mol. The van der Waals surface area contributed by atoms with Gasteiger partial charge in [-0.1, -0.05) is 0 Å². The Kier molecular flexibility index (Phi) is 4.20. The highest BCUT2D eigenvalue weighted by molar-refractivity contribution is 8.06. The number of aliphatic hydroxyl groups is 1. The summed E-state index contributed by atoms with van der Waals surface area (Å²) in [5, 5.41) is 20.0. The standard InChI is InChI=1S/C18H17BN4O5S2/c1-17-10(24)6-18(28-17,4-5-27-19-29)12-11(17)15(25)23(16(12)26)9-3-2-8(7-20)13-14(9)22-30-21-13/h2-3,10-12,19,24,29H,4-6H2,1H3/t10-,11-,12+,17?,18?/m0/s1/i19T. The second-order valence-electron chi connectivity index (χ2n) is 7.97. The van der Waals surface area contributed by atoms with Crippen LogP contribution < -0.4 is 4.90 Å². The van der Waals surface area contributed by atoms with E-state index in [9.17, 15) is 20.0 Å². The molecule has 4 heterocycles. The molecule has 2 amide bonds. The van der Waals surface area contributed by atoms with E-state index in [0.29, 0.717) is 16.6 Å². The third-order valence-corrected chi connectivity index (χ3v) is 7.26. The average Bonchev–Trinajstić information content (AvgIpc) is 3.41. The van der Waals surface area contributed by atoms with Gasteiger partial charge in [-0.2, -0.15) is 26.5 Å². The van der Waals surface area contributed by atoms with Gasteiger partial charge in [-0.05, 0) is 25.5 Å². The number of anilines is 1. The fourth-order valence-corrected chi connectivity index (χ4v) is 5.94. The Balaban J connectivity index is 1.57. The highest BCUT2D eigenvalue weighted by Crippen LogP contribution is 2.62. The van der Waals surface area contributed by atoms with E-state index in [2.05, 4.69) is 21.2 Å². The number of carbonyl (C=O) groups excluding carboxylic acids is 2. The molecule has 9 nitrogen and oxygen atoms in total. The number of ether oxygens (including phenoxy) is 1. The number of amides is 2. The van der Waals surface area contributed by atoms with Gasteiger partial charge in [-0.3, -0.25) is 9.59 Å². The first kappa shape index (κ1) is 18.7. The molecule has 0 saturated carbocycles. The van der Waals surface area contributed by atoms with Crippen molar-refractivity contribution >= 4 is 59.5 Å². The summed E-state index contributed by atoms with van der Waals surface area (Å²) in [6, 6.07) is 5.08. The van der Waals surface area contributed by atoms with Crippen molar-refractivity contribution in [3.05, 3.63) is 17.7 Å². The summed E-state index contributed by atoms with van der Waals surface area (Å²) in [6.45, 7) is 0.722. The van der Waals surface area contributed by atoms with E-state index in [1.165, 1.54) is 12.1 Å². The molecule has 1 N–H and O–H groups in total. The number of benzene rings is 1. The van der Waals surface area contributed by atoms with Gasteiger partial charge in [0, 0.05) is 14.4 Å². The van der Waals surface area contributed by atoms with Crippen molar-refractivity contribution in [2.24, 2.45) is 11.8 Å². The number of rotatable bonds is 5. The number of fused-ring (bicyclic) bond motifs is 6. The van der Waals surface area contributed by atoms with Crippen LogP contribution in [-0.4, -0.2) is 57.6 Å². The van der Waals surface area contributed by atoms with Crippen LogP contribution in [0.3, 0.4) is 0 Å². The maximum atomic E-state index is 13.6. The van der Waals surface area contributed by atoms with Crippen molar-refractivity contribution in [2.45, 2.75) is 37.1 Å². The van der Waals surface area contributed by atoms with Crippen molar-refractivity contribution in [3.63, 3.8) is 0 Å². The topological polar surface area (TPSA) is 126 Å². The van der Waals surface area contributed by atoms with Crippen LogP contribution in [0.4, 0.5) is 5.69 Å². The van der Waals surface area contributed by atoms with E-state index in [4.69, 9.17) is 10.7 Å². The van der Waals surface area contributed by atoms with Crippen molar-refractivity contribution in [3.8, 4) is 6.07 Å². The molecule has 30 heavy (non-hydrogen) atoms. The second-order valence-corrected chi connectivity index (χ2v) is 8.71. The number of nitrogens with zero attached hydrogens (tertiary/aromatic N) is 4. The van der Waals surface area contributed by atoms with Gasteiger partial charge in [0.15, 0.2) is 0 Å². The van der Waals surface area contributed by atoms with Gasteiger partial charge in [0.2, 0.25) is 11.8 Å². The first-order chi connectivity index (χ1) is 14.7.